The Morgan fingerprint density at radius 3 is 2.42 bits per heavy atom. The molecule has 0 amide bonds. The molecular formula is C20H23NO8S2. The number of carbonyl (C=O) groups excluding carboxylic acids is 2. The van der Waals surface area contributed by atoms with Crippen LogP contribution in [0.5, 0.6) is 5.75 Å². The van der Waals surface area contributed by atoms with E-state index in [2.05, 4.69) is 4.84 Å². The van der Waals surface area contributed by atoms with Gasteiger partial charge in [-0.15, -0.1) is 10.1 Å². The number of hydrogen-bond acceptors (Lipinski definition) is 10. The molecule has 0 heterocycles. The molecule has 31 heavy (non-hydrogen) atoms. The minimum atomic E-state index is -0.841. The van der Waals surface area contributed by atoms with Crippen LogP contribution in [0.4, 0.5) is 0 Å². The predicted molar refractivity (Wildman–Crippen MR) is 119 cm³/mol. The number of carbonyl (C=O) groups is 2. The summed E-state index contributed by atoms with van der Waals surface area (Å²) in [6.45, 7) is 1.41. The van der Waals surface area contributed by atoms with Crippen molar-refractivity contribution < 1.29 is 33.7 Å². The van der Waals surface area contributed by atoms with Gasteiger partial charge in [-0.05, 0) is 35.4 Å². The van der Waals surface area contributed by atoms with Gasteiger partial charge in [0, 0.05) is 11.5 Å². The van der Waals surface area contributed by atoms with Crippen molar-refractivity contribution in [3.63, 3.8) is 0 Å². The fourth-order valence-corrected chi connectivity index (χ4v) is 4.17. The van der Waals surface area contributed by atoms with Crippen LogP contribution in [-0.2, 0) is 23.9 Å². The van der Waals surface area contributed by atoms with Gasteiger partial charge in [0.2, 0.25) is 0 Å². The number of ether oxygens (including phenoxy) is 3. The Kier molecular flexibility index (Phi) is 10.2. The highest BCUT2D eigenvalue weighted by Crippen LogP contribution is 2.26. The summed E-state index contributed by atoms with van der Waals surface area (Å²) >= 11 is 0. The number of rotatable bonds is 13. The summed E-state index contributed by atoms with van der Waals surface area (Å²) in [6.07, 6.45) is 0. The van der Waals surface area contributed by atoms with Gasteiger partial charge in [0.15, 0.2) is 6.61 Å². The summed E-state index contributed by atoms with van der Waals surface area (Å²) in [5.41, 5.74) is 0.783. The lowest BCUT2D eigenvalue weighted by Gasteiger charge is -2.13. The van der Waals surface area contributed by atoms with Crippen LogP contribution in [0.2, 0.25) is 0 Å². The number of hydrogen-bond donors (Lipinski definition) is 0. The van der Waals surface area contributed by atoms with Crippen LogP contribution >= 0.6 is 21.6 Å². The van der Waals surface area contributed by atoms with Crippen molar-refractivity contribution in [2.24, 2.45) is 0 Å². The van der Waals surface area contributed by atoms with E-state index in [0.29, 0.717) is 11.5 Å². The standard InChI is InChI=1S/C20H23NO8S2/c1-14(15-3-4-17-12-18(26-2)6-5-16(17)11-15)20(23)28-13-19(22)27-7-9-30-31-10-8-29-21(24)25/h3-6,11-12,14H,7-10,13H2,1-2H3/t14-/m0/s1. The molecule has 0 aliphatic heterocycles. The summed E-state index contributed by atoms with van der Waals surface area (Å²) in [6, 6.07) is 11.3. The topological polar surface area (TPSA) is 114 Å². The number of benzene rings is 2. The third-order valence-corrected chi connectivity index (χ3v) is 6.47. The Hall–Kier alpha value is -2.66. The van der Waals surface area contributed by atoms with Gasteiger partial charge in [0.1, 0.15) is 19.0 Å². The maximum Gasteiger partial charge on any atom is 0.344 e. The molecule has 0 saturated heterocycles. The van der Waals surface area contributed by atoms with Crippen molar-refractivity contribution in [1.29, 1.82) is 0 Å². The Labute approximate surface area is 187 Å². The number of esters is 2. The highest BCUT2D eigenvalue weighted by molar-refractivity contribution is 8.76. The molecule has 11 heteroatoms. The summed E-state index contributed by atoms with van der Waals surface area (Å²) < 4.78 is 15.3. The molecule has 0 radical (unpaired) electrons. The van der Waals surface area contributed by atoms with Crippen molar-refractivity contribution in [2.75, 3.05) is 38.4 Å². The van der Waals surface area contributed by atoms with Crippen LogP contribution in [0.25, 0.3) is 10.8 Å². The monoisotopic (exact) mass is 469 g/mol. The lowest BCUT2D eigenvalue weighted by Crippen LogP contribution is -2.20. The van der Waals surface area contributed by atoms with E-state index in [1.807, 2.05) is 36.4 Å². The van der Waals surface area contributed by atoms with Crippen LogP contribution in [0.3, 0.4) is 0 Å². The molecular weight excluding hydrogens is 446 g/mol. The van der Waals surface area contributed by atoms with Crippen molar-refractivity contribution in [1.82, 2.24) is 0 Å². The van der Waals surface area contributed by atoms with Gasteiger partial charge in [-0.25, -0.2) is 4.79 Å². The van der Waals surface area contributed by atoms with E-state index in [0.717, 1.165) is 22.1 Å². The molecule has 0 aromatic heterocycles. The predicted octanol–water partition coefficient (Wildman–Crippen LogP) is 3.63. The zero-order chi connectivity index (χ0) is 22.6. The molecule has 0 saturated carbocycles. The van der Waals surface area contributed by atoms with Gasteiger partial charge in [-0.3, -0.25) is 4.79 Å². The molecule has 0 bridgehead atoms. The van der Waals surface area contributed by atoms with Gasteiger partial charge in [0.05, 0.1) is 13.0 Å². The first-order chi connectivity index (χ1) is 14.9. The number of nitrogens with zero attached hydrogens (tertiary/aromatic N) is 1. The summed E-state index contributed by atoms with van der Waals surface area (Å²) in [5, 5.41) is 11.1. The minimum absolute atomic E-state index is 0.00396. The first-order valence-corrected chi connectivity index (χ1v) is 11.8. The smallest absolute Gasteiger partial charge is 0.344 e. The second kappa shape index (κ2) is 12.9. The Bertz CT molecular complexity index is 908. The van der Waals surface area contributed by atoms with Gasteiger partial charge in [-0.2, -0.15) is 0 Å². The van der Waals surface area contributed by atoms with E-state index in [4.69, 9.17) is 14.2 Å². The quantitative estimate of drug-likeness (QED) is 0.142. The molecule has 2 aromatic rings. The van der Waals surface area contributed by atoms with Crippen LogP contribution in [0.1, 0.15) is 18.4 Å². The zero-order valence-electron chi connectivity index (χ0n) is 17.1. The average Bonchev–Trinajstić information content (AvgIpc) is 2.77. The maximum atomic E-state index is 12.3. The lowest BCUT2D eigenvalue weighted by atomic mass is 9.98. The van der Waals surface area contributed by atoms with Crippen molar-refractivity contribution in [3.8, 4) is 5.75 Å². The minimum Gasteiger partial charge on any atom is -0.497 e. The van der Waals surface area contributed by atoms with E-state index in [1.165, 1.54) is 21.6 Å². The molecule has 0 N–H and O–H groups in total. The lowest BCUT2D eigenvalue weighted by molar-refractivity contribution is -0.756. The molecule has 0 aliphatic rings. The molecule has 0 fully saturated rings. The first-order valence-electron chi connectivity index (χ1n) is 9.32. The third kappa shape index (κ3) is 8.54. The normalized spacial score (nSPS) is 11.5. The molecule has 2 aromatic carbocycles. The average molecular weight is 470 g/mol. The summed E-state index contributed by atoms with van der Waals surface area (Å²) in [7, 11) is 4.38. The van der Waals surface area contributed by atoms with Gasteiger partial charge in [-0.1, -0.05) is 45.9 Å². The second-order valence-corrected chi connectivity index (χ2v) is 8.93. The van der Waals surface area contributed by atoms with Crippen LogP contribution in [0.15, 0.2) is 36.4 Å². The highest BCUT2D eigenvalue weighted by Gasteiger charge is 2.19. The van der Waals surface area contributed by atoms with Crippen LogP contribution in [0, 0.1) is 10.1 Å². The Balaban J connectivity index is 1.68. The van der Waals surface area contributed by atoms with Crippen LogP contribution < -0.4 is 4.74 Å². The largest absolute Gasteiger partial charge is 0.497 e. The Morgan fingerprint density at radius 1 is 1.03 bits per heavy atom. The zero-order valence-corrected chi connectivity index (χ0v) is 18.7. The SMILES string of the molecule is COc1ccc2cc([C@H](C)C(=O)OCC(=O)OCCSSCCO[N+](=O)[O-])ccc2c1. The van der Waals surface area contributed by atoms with Crippen LogP contribution in [-0.4, -0.2) is 55.5 Å². The van der Waals surface area contributed by atoms with Gasteiger partial charge < -0.3 is 19.0 Å². The fourth-order valence-electron chi connectivity index (χ4n) is 2.52. The van der Waals surface area contributed by atoms with Crippen molar-refractivity contribution in [2.45, 2.75) is 12.8 Å². The summed E-state index contributed by atoms with van der Waals surface area (Å²) in [5.74, 6) is 0.0204. The van der Waals surface area contributed by atoms with E-state index < -0.39 is 29.6 Å². The molecule has 0 spiro atoms. The van der Waals surface area contributed by atoms with Crippen molar-refractivity contribution >= 4 is 44.3 Å². The first kappa shape index (κ1) is 24.6. The van der Waals surface area contributed by atoms with Gasteiger partial charge in [0.25, 0.3) is 5.09 Å². The number of fused-ring (bicyclic) bond motifs is 1. The van der Waals surface area contributed by atoms with E-state index in [-0.39, 0.29) is 13.2 Å². The van der Waals surface area contributed by atoms with Gasteiger partial charge >= 0.3 is 11.9 Å². The molecule has 0 unspecified atom stereocenters. The number of methoxy groups -OCH3 is 1. The van der Waals surface area contributed by atoms with E-state index in [1.54, 1.807) is 14.0 Å². The molecule has 2 rings (SSSR count). The highest BCUT2D eigenvalue weighted by atomic mass is 33.1. The maximum absolute atomic E-state index is 12.3. The van der Waals surface area contributed by atoms with E-state index >= 15 is 0 Å². The summed E-state index contributed by atoms with van der Waals surface area (Å²) in [4.78, 5) is 38.2. The Morgan fingerprint density at radius 2 is 1.71 bits per heavy atom. The second-order valence-electron chi connectivity index (χ2n) is 6.22. The molecule has 168 valence electrons. The van der Waals surface area contributed by atoms with E-state index in [9.17, 15) is 19.7 Å². The molecule has 9 nitrogen and oxygen atoms in total. The molecule has 0 aliphatic carbocycles. The molecule has 1 atom stereocenters. The van der Waals surface area contributed by atoms with Crippen molar-refractivity contribution in [3.05, 3.63) is 52.1 Å². The third-order valence-electron chi connectivity index (χ3n) is 4.13. The fraction of sp³-hybridized carbons (Fsp3) is 0.400.